The molecule has 2 aromatic rings. The third kappa shape index (κ3) is 3.56. The molecule has 1 fully saturated rings. The number of carbonyl (C=O) groups is 2. The van der Waals surface area contributed by atoms with Gasteiger partial charge in [0, 0.05) is 11.4 Å². The number of hydrogen-bond acceptors (Lipinski definition) is 4. The molecule has 2 amide bonds. The van der Waals surface area contributed by atoms with Crippen molar-refractivity contribution in [3.63, 3.8) is 0 Å². The SMILES string of the molecule is O=C(NCc1ccco1)[C@H]1CCCN1C(=O)c1cc2c(s1)CCCCC2. The number of carbonyl (C=O) groups excluding carboxylic acids is 2. The number of nitrogens with zero attached hydrogens (tertiary/aromatic N) is 1. The molecule has 1 N–H and O–H groups in total. The van der Waals surface area contributed by atoms with Crippen molar-refractivity contribution < 1.29 is 14.0 Å². The summed E-state index contributed by atoms with van der Waals surface area (Å²) in [6.45, 7) is 1.01. The van der Waals surface area contributed by atoms with Crippen molar-refractivity contribution in [2.24, 2.45) is 0 Å². The Morgan fingerprint density at radius 1 is 1.23 bits per heavy atom. The van der Waals surface area contributed by atoms with E-state index in [4.69, 9.17) is 4.42 Å². The Hall–Kier alpha value is -2.08. The van der Waals surface area contributed by atoms with Crippen LogP contribution in [0.5, 0.6) is 0 Å². The summed E-state index contributed by atoms with van der Waals surface area (Å²) >= 11 is 1.63. The minimum absolute atomic E-state index is 0.0127. The zero-order chi connectivity index (χ0) is 17.9. The third-order valence-corrected chi connectivity index (χ3v) is 6.52. The number of rotatable bonds is 4. The van der Waals surface area contributed by atoms with Crippen LogP contribution in [0.3, 0.4) is 0 Å². The molecule has 0 aromatic carbocycles. The maximum Gasteiger partial charge on any atom is 0.264 e. The van der Waals surface area contributed by atoms with Gasteiger partial charge in [-0.1, -0.05) is 6.42 Å². The summed E-state index contributed by atoms with van der Waals surface area (Å²) in [7, 11) is 0. The molecule has 0 radical (unpaired) electrons. The van der Waals surface area contributed by atoms with Gasteiger partial charge in [0.1, 0.15) is 11.8 Å². The van der Waals surface area contributed by atoms with Gasteiger partial charge in [-0.2, -0.15) is 0 Å². The monoisotopic (exact) mass is 372 g/mol. The summed E-state index contributed by atoms with van der Waals surface area (Å²) in [6.07, 6.45) is 9.03. The van der Waals surface area contributed by atoms with Crippen molar-refractivity contribution in [1.82, 2.24) is 10.2 Å². The molecule has 0 unspecified atom stereocenters. The lowest BCUT2D eigenvalue weighted by molar-refractivity contribution is -0.125. The van der Waals surface area contributed by atoms with Crippen LogP contribution in [0.15, 0.2) is 28.9 Å². The molecule has 1 aliphatic heterocycles. The third-order valence-electron chi connectivity index (χ3n) is 5.29. The van der Waals surface area contributed by atoms with Gasteiger partial charge < -0.3 is 14.6 Å². The first-order valence-electron chi connectivity index (χ1n) is 9.45. The zero-order valence-corrected chi connectivity index (χ0v) is 15.6. The lowest BCUT2D eigenvalue weighted by atomic mass is 10.1. The van der Waals surface area contributed by atoms with Crippen LogP contribution in [0.1, 0.15) is 58.0 Å². The van der Waals surface area contributed by atoms with Crippen LogP contribution in [-0.2, 0) is 24.2 Å². The Bertz CT molecular complexity index is 758. The molecule has 0 bridgehead atoms. The summed E-state index contributed by atoms with van der Waals surface area (Å²) < 4.78 is 5.25. The normalized spacial score (nSPS) is 19.8. The highest BCUT2D eigenvalue weighted by molar-refractivity contribution is 7.14. The van der Waals surface area contributed by atoms with E-state index in [1.54, 1.807) is 28.6 Å². The molecule has 0 spiro atoms. The fourth-order valence-corrected chi connectivity index (χ4v) is 5.11. The summed E-state index contributed by atoms with van der Waals surface area (Å²) in [4.78, 5) is 29.5. The predicted octanol–water partition coefficient (Wildman–Crippen LogP) is 3.53. The van der Waals surface area contributed by atoms with E-state index in [2.05, 4.69) is 11.4 Å². The number of thiophene rings is 1. The lowest BCUT2D eigenvalue weighted by Crippen LogP contribution is -2.45. The smallest absolute Gasteiger partial charge is 0.264 e. The van der Waals surface area contributed by atoms with Crippen LogP contribution in [0.4, 0.5) is 0 Å². The topological polar surface area (TPSA) is 62.6 Å². The molecule has 0 saturated carbocycles. The molecular weight excluding hydrogens is 348 g/mol. The van der Waals surface area contributed by atoms with E-state index in [0.29, 0.717) is 13.1 Å². The first kappa shape index (κ1) is 17.3. The van der Waals surface area contributed by atoms with E-state index >= 15 is 0 Å². The van der Waals surface area contributed by atoms with Gasteiger partial charge in [0.2, 0.25) is 5.91 Å². The van der Waals surface area contributed by atoms with Crippen molar-refractivity contribution in [2.75, 3.05) is 6.54 Å². The highest BCUT2D eigenvalue weighted by atomic mass is 32.1. The van der Waals surface area contributed by atoms with Crippen molar-refractivity contribution in [3.05, 3.63) is 45.5 Å². The second-order valence-corrected chi connectivity index (χ2v) is 8.21. The fraction of sp³-hybridized carbons (Fsp3) is 0.500. The number of likely N-dealkylation sites (tertiary alicyclic amines) is 1. The van der Waals surface area contributed by atoms with Crippen molar-refractivity contribution in [2.45, 2.75) is 57.5 Å². The zero-order valence-electron chi connectivity index (χ0n) is 14.8. The average molecular weight is 372 g/mol. The van der Waals surface area contributed by atoms with E-state index in [9.17, 15) is 9.59 Å². The summed E-state index contributed by atoms with van der Waals surface area (Å²) in [5.41, 5.74) is 1.34. The summed E-state index contributed by atoms with van der Waals surface area (Å²) in [6, 6.07) is 5.33. The van der Waals surface area contributed by atoms with E-state index in [-0.39, 0.29) is 17.9 Å². The first-order chi connectivity index (χ1) is 12.7. The number of aryl methyl sites for hydroxylation is 2. The van der Waals surface area contributed by atoms with Crippen LogP contribution in [-0.4, -0.2) is 29.3 Å². The molecule has 1 atom stereocenters. The Kier molecular flexibility index (Phi) is 5.11. The first-order valence-corrected chi connectivity index (χ1v) is 10.3. The summed E-state index contributed by atoms with van der Waals surface area (Å²) in [5.74, 6) is 0.639. The molecular formula is C20H24N2O3S. The molecule has 1 saturated heterocycles. The quantitative estimate of drug-likeness (QED) is 0.835. The summed E-state index contributed by atoms with van der Waals surface area (Å²) in [5, 5.41) is 2.90. The average Bonchev–Trinajstić information content (AvgIpc) is 3.38. The van der Waals surface area contributed by atoms with E-state index < -0.39 is 0 Å². The van der Waals surface area contributed by atoms with Crippen LogP contribution >= 0.6 is 11.3 Å². The molecule has 5 nitrogen and oxygen atoms in total. The second-order valence-electron chi connectivity index (χ2n) is 7.07. The highest BCUT2D eigenvalue weighted by Crippen LogP contribution is 2.31. The number of furan rings is 1. The van der Waals surface area contributed by atoms with Crippen LogP contribution in [0, 0.1) is 0 Å². The van der Waals surface area contributed by atoms with E-state index in [0.717, 1.165) is 36.3 Å². The predicted molar refractivity (Wildman–Crippen MR) is 100 cm³/mol. The van der Waals surface area contributed by atoms with Crippen LogP contribution in [0.25, 0.3) is 0 Å². The minimum atomic E-state index is -0.376. The fourth-order valence-electron chi connectivity index (χ4n) is 3.90. The van der Waals surface area contributed by atoms with Gasteiger partial charge in [0.15, 0.2) is 0 Å². The molecule has 6 heteroatoms. The molecule has 26 heavy (non-hydrogen) atoms. The Morgan fingerprint density at radius 2 is 2.12 bits per heavy atom. The van der Waals surface area contributed by atoms with Gasteiger partial charge in [-0.05, 0) is 62.3 Å². The van der Waals surface area contributed by atoms with Gasteiger partial charge in [-0.15, -0.1) is 11.3 Å². The van der Waals surface area contributed by atoms with Crippen molar-refractivity contribution in [3.8, 4) is 0 Å². The lowest BCUT2D eigenvalue weighted by Gasteiger charge is -2.23. The largest absolute Gasteiger partial charge is 0.467 e. The van der Waals surface area contributed by atoms with E-state index in [1.807, 2.05) is 6.07 Å². The number of nitrogens with one attached hydrogen (secondary N) is 1. The Balaban J connectivity index is 1.44. The molecule has 3 heterocycles. The van der Waals surface area contributed by atoms with Gasteiger partial charge in [0.05, 0.1) is 17.7 Å². The van der Waals surface area contributed by atoms with Gasteiger partial charge >= 0.3 is 0 Å². The molecule has 1 aliphatic carbocycles. The highest BCUT2D eigenvalue weighted by Gasteiger charge is 2.35. The molecule has 2 aliphatic rings. The Morgan fingerprint density at radius 3 is 2.96 bits per heavy atom. The van der Waals surface area contributed by atoms with Gasteiger partial charge in [-0.25, -0.2) is 0 Å². The van der Waals surface area contributed by atoms with Crippen molar-refractivity contribution in [1.29, 1.82) is 0 Å². The van der Waals surface area contributed by atoms with Crippen molar-refractivity contribution >= 4 is 23.2 Å². The number of hydrogen-bond donors (Lipinski definition) is 1. The van der Waals surface area contributed by atoms with Gasteiger partial charge in [-0.3, -0.25) is 9.59 Å². The molecule has 4 rings (SSSR count). The standard InChI is InChI=1S/C20H24N2O3S/c23-19(21-13-15-7-5-11-25-15)16-8-4-10-22(16)20(24)18-12-14-6-2-1-3-9-17(14)26-18/h5,7,11-12,16H,1-4,6,8-10,13H2,(H,21,23)/t16-/m1/s1. The maximum absolute atomic E-state index is 13.0. The Labute approximate surface area is 157 Å². The molecule has 138 valence electrons. The van der Waals surface area contributed by atoms with E-state index in [1.165, 1.54) is 29.7 Å². The second kappa shape index (κ2) is 7.66. The maximum atomic E-state index is 13.0. The van der Waals surface area contributed by atoms with Crippen LogP contribution in [0.2, 0.25) is 0 Å². The van der Waals surface area contributed by atoms with Gasteiger partial charge in [0.25, 0.3) is 5.91 Å². The number of fused-ring (bicyclic) bond motifs is 1. The van der Waals surface area contributed by atoms with Crippen LogP contribution < -0.4 is 5.32 Å². The minimum Gasteiger partial charge on any atom is -0.467 e. The number of amides is 2. The molecule has 2 aromatic heterocycles.